The van der Waals surface area contributed by atoms with Crippen LogP contribution in [0, 0.1) is 0 Å². The van der Waals surface area contributed by atoms with Crippen LogP contribution in [-0.2, 0) is 16.1 Å². The highest BCUT2D eigenvalue weighted by molar-refractivity contribution is 5.82. The molecule has 2 aliphatic rings. The minimum Gasteiger partial charge on any atom is -0.491 e. The van der Waals surface area contributed by atoms with E-state index < -0.39 is 0 Å². The van der Waals surface area contributed by atoms with Crippen LogP contribution in [0.3, 0.4) is 0 Å². The molecule has 0 saturated carbocycles. The fraction of sp³-hybridized carbons (Fsp3) is 0.619. The summed E-state index contributed by atoms with van der Waals surface area (Å²) >= 11 is 0. The average Bonchev–Trinajstić information content (AvgIpc) is 3.24. The topological polar surface area (TPSA) is 66.4 Å². The molecule has 2 saturated heterocycles. The van der Waals surface area contributed by atoms with Gasteiger partial charge in [0.1, 0.15) is 11.9 Å². The van der Waals surface area contributed by atoms with Crippen LogP contribution in [0.25, 0.3) is 0 Å². The first-order chi connectivity index (χ1) is 13.6. The standard InChI is InChI=1S/C21H32N4O3/c1-16(2)28-18-8-6-17(7-9-18)15-23-21(22-3)25-12-10-24(11-13-25)20(26)19-5-4-14-27-19/h6-9,16,19H,4-5,10-15H2,1-3H3,(H,22,23). The summed E-state index contributed by atoms with van der Waals surface area (Å²) in [6.07, 6.45) is 1.78. The van der Waals surface area contributed by atoms with Gasteiger partial charge in [-0.05, 0) is 44.4 Å². The Morgan fingerprint density at radius 2 is 1.89 bits per heavy atom. The van der Waals surface area contributed by atoms with Gasteiger partial charge in [0.15, 0.2) is 5.96 Å². The Morgan fingerprint density at radius 1 is 1.21 bits per heavy atom. The van der Waals surface area contributed by atoms with Crippen molar-refractivity contribution in [2.45, 2.75) is 45.4 Å². The van der Waals surface area contributed by atoms with Gasteiger partial charge in [-0.2, -0.15) is 0 Å². The molecular weight excluding hydrogens is 356 g/mol. The van der Waals surface area contributed by atoms with Crippen molar-refractivity contribution < 1.29 is 14.3 Å². The second kappa shape index (κ2) is 9.78. The number of amides is 1. The molecule has 1 aromatic rings. The molecule has 154 valence electrons. The third-order valence-corrected chi connectivity index (χ3v) is 5.05. The minimum absolute atomic E-state index is 0.142. The second-order valence-corrected chi connectivity index (χ2v) is 7.53. The molecule has 1 unspecified atom stereocenters. The van der Waals surface area contributed by atoms with Gasteiger partial charge in [0.2, 0.25) is 0 Å². The molecule has 1 N–H and O–H groups in total. The van der Waals surface area contributed by atoms with Crippen molar-refractivity contribution in [3.8, 4) is 5.75 Å². The van der Waals surface area contributed by atoms with E-state index >= 15 is 0 Å². The van der Waals surface area contributed by atoms with Gasteiger partial charge < -0.3 is 24.6 Å². The van der Waals surface area contributed by atoms with Gasteiger partial charge in [-0.1, -0.05) is 12.1 Å². The number of hydrogen-bond acceptors (Lipinski definition) is 4. The quantitative estimate of drug-likeness (QED) is 0.616. The van der Waals surface area contributed by atoms with Crippen molar-refractivity contribution in [1.29, 1.82) is 0 Å². The van der Waals surface area contributed by atoms with Crippen LogP contribution >= 0.6 is 0 Å². The smallest absolute Gasteiger partial charge is 0.251 e. The van der Waals surface area contributed by atoms with Crippen LogP contribution in [0.5, 0.6) is 5.75 Å². The van der Waals surface area contributed by atoms with Crippen molar-refractivity contribution in [3.05, 3.63) is 29.8 Å². The van der Waals surface area contributed by atoms with Crippen LogP contribution in [0.15, 0.2) is 29.3 Å². The molecule has 2 fully saturated rings. The number of piperazine rings is 1. The number of nitrogens with one attached hydrogen (secondary N) is 1. The third-order valence-electron chi connectivity index (χ3n) is 5.05. The molecule has 3 rings (SSSR count). The molecule has 0 spiro atoms. The zero-order valence-electron chi connectivity index (χ0n) is 17.2. The van der Waals surface area contributed by atoms with Crippen LogP contribution in [-0.4, -0.2) is 73.7 Å². The number of nitrogens with zero attached hydrogens (tertiary/aromatic N) is 3. The molecule has 28 heavy (non-hydrogen) atoms. The monoisotopic (exact) mass is 388 g/mol. The van der Waals surface area contributed by atoms with Gasteiger partial charge in [0.25, 0.3) is 5.91 Å². The van der Waals surface area contributed by atoms with E-state index in [1.165, 1.54) is 5.56 Å². The van der Waals surface area contributed by atoms with E-state index in [0.717, 1.165) is 37.6 Å². The lowest BCUT2D eigenvalue weighted by molar-refractivity contribution is -0.142. The molecule has 1 atom stereocenters. The van der Waals surface area contributed by atoms with Crippen molar-refractivity contribution in [2.75, 3.05) is 39.8 Å². The highest BCUT2D eigenvalue weighted by atomic mass is 16.5. The van der Waals surface area contributed by atoms with Gasteiger partial charge in [0.05, 0.1) is 6.10 Å². The van der Waals surface area contributed by atoms with Gasteiger partial charge >= 0.3 is 0 Å². The lowest BCUT2D eigenvalue weighted by Gasteiger charge is -2.37. The summed E-state index contributed by atoms with van der Waals surface area (Å²) in [6.45, 7) is 8.42. The number of benzene rings is 1. The maximum absolute atomic E-state index is 12.5. The first kappa shape index (κ1) is 20.5. The molecule has 1 aromatic carbocycles. The van der Waals surface area contributed by atoms with Gasteiger partial charge in [-0.25, -0.2) is 0 Å². The van der Waals surface area contributed by atoms with E-state index in [2.05, 4.69) is 27.3 Å². The van der Waals surface area contributed by atoms with Crippen molar-refractivity contribution >= 4 is 11.9 Å². The predicted molar refractivity (Wildman–Crippen MR) is 110 cm³/mol. The van der Waals surface area contributed by atoms with E-state index in [1.54, 1.807) is 7.05 Å². The fourth-order valence-electron chi connectivity index (χ4n) is 3.59. The van der Waals surface area contributed by atoms with Crippen molar-refractivity contribution in [3.63, 3.8) is 0 Å². The number of guanidine groups is 1. The zero-order chi connectivity index (χ0) is 19.9. The number of rotatable bonds is 5. The maximum atomic E-state index is 12.5. The summed E-state index contributed by atoms with van der Waals surface area (Å²) in [5, 5.41) is 3.42. The Morgan fingerprint density at radius 3 is 2.46 bits per heavy atom. The van der Waals surface area contributed by atoms with E-state index in [-0.39, 0.29) is 18.1 Å². The Kier molecular flexibility index (Phi) is 7.14. The minimum atomic E-state index is -0.230. The summed E-state index contributed by atoms with van der Waals surface area (Å²) in [6, 6.07) is 8.12. The number of hydrogen-bond donors (Lipinski definition) is 1. The average molecular weight is 389 g/mol. The molecule has 7 heteroatoms. The largest absolute Gasteiger partial charge is 0.491 e. The van der Waals surface area contributed by atoms with Crippen molar-refractivity contribution in [1.82, 2.24) is 15.1 Å². The SMILES string of the molecule is CN=C(NCc1ccc(OC(C)C)cc1)N1CCN(C(=O)C2CCCO2)CC1. The van der Waals surface area contributed by atoms with Crippen LogP contribution < -0.4 is 10.1 Å². The molecule has 2 aliphatic heterocycles. The first-order valence-electron chi connectivity index (χ1n) is 10.2. The summed E-state index contributed by atoms with van der Waals surface area (Å²) in [4.78, 5) is 21.0. The van der Waals surface area contributed by atoms with E-state index in [4.69, 9.17) is 9.47 Å². The van der Waals surface area contributed by atoms with Crippen LogP contribution in [0.2, 0.25) is 0 Å². The van der Waals surface area contributed by atoms with E-state index in [1.807, 2.05) is 30.9 Å². The predicted octanol–water partition coefficient (Wildman–Crippen LogP) is 1.87. The zero-order valence-corrected chi connectivity index (χ0v) is 17.2. The number of ether oxygens (including phenoxy) is 2. The van der Waals surface area contributed by atoms with Crippen molar-refractivity contribution in [2.24, 2.45) is 4.99 Å². The number of carbonyl (C=O) groups excluding carboxylic acids is 1. The molecule has 1 amide bonds. The molecule has 2 heterocycles. The summed E-state index contributed by atoms with van der Waals surface area (Å²) in [5.74, 6) is 1.89. The van der Waals surface area contributed by atoms with E-state index in [9.17, 15) is 4.79 Å². The Hall–Kier alpha value is -2.28. The third kappa shape index (κ3) is 5.38. The first-order valence-corrected chi connectivity index (χ1v) is 10.2. The molecule has 0 aromatic heterocycles. The number of aliphatic imine (C=N–C) groups is 1. The fourth-order valence-corrected chi connectivity index (χ4v) is 3.59. The molecule has 0 aliphatic carbocycles. The van der Waals surface area contributed by atoms with Crippen LogP contribution in [0.4, 0.5) is 0 Å². The second-order valence-electron chi connectivity index (χ2n) is 7.53. The van der Waals surface area contributed by atoms with E-state index in [0.29, 0.717) is 26.2 Å². The lowest BCUT2D eigenvalue weighted by atomic mass is 10.2. The Labute approximate surface area is 167 Å². The summed E-state index contributed by atoms with van der Waals surface area (Å²) in [5.41, 5.74) is 1.17. The molecular formula is C21H32N4O3. The molecule has 7 nitrogen and oxygen atoms in total. The normalized spacial score (nSPS) is 20.6. The highest BCUT2D eigenvalue weighted by Crippen LogP contribution is 2.16. The number of carbonyl (C=O) groups is 1. The Bertz CT molecular complexity index is 661. The van der Waals surface area contributed by atoms with Gasteiger partial charge in [-0.3, -0.25) is 9.79 Å². The molecule has 0 bridgehead atoms. The Balaban J connectivity index is 1.46. The van der Waals surface area contributed by atoms with Gasteiger partial charge in [-0.15, -0.1) is 0 Å². The summed E-state index contributed by atoms with van der Waals surface area (Å²) in [7, 11) is 1.80. The summed E-state index contributed by atoms with van der Waals surface area (Å²) < 4.78 is 11.2. The van der Waals surface area contributed by atoms with Gasteiger partial charge in [0, 0.05) is 46.4 Å². The molecule has 0 radical (unpaired) electrons. The maximum Gasteiger partial charge on any atom is 0.251 e. The highest BCUT2D eigenvalue weighted by Gasteiger charge is 2.30. The van der Waals surface area contributed by atoms with Crippen LogP contribution in [0.1, 0.15) is 32.3 Å². The lowest BCUT2D eigenvalue weighted by Crippen LogP contribution is -2.55.